The van der Waals surface area contributed by atoms with Crippen LogP contribution in [0.1, 0.15) is 26.8 Å². The van der Waals surface area contributed by atoms with E-state index < -0.39 is 10.0 Å². The SMILES string of the molecule is CN(C)[C@H](CNC(=O)c1cccc(S(=O)(=O)NCc2cccs2)c1)c1ccsc1. The van der Waals surface area contributed by atoms with Gasteiger partial charge in [-0.2, -0.15) is 11.3 Å². The van der Waals surface area contributed by atoms with Gasteiger partial charge >= 0.3 is 0 Å². The van der Waals surface area contributed by atoms with Crippen molar-refractivity contribution in [3.8, 4) is 0 Å². The molecule has 0 unspecified atom stereocenters. The van der Waals surface area contributed by atoms with Gasteiger partial charge in [0.2, 0.25) is 10.0 Å². The standard InChI is InChI=1S/C20H23N3O3S3/c1-23(2)19(16-8-10-27-14-16)13-21-20(24)15-5-3-7-18(11-15)29(25,26)22-12-17-6-4-9-28-17/h3-11,14,19,22H,12-13H2,1-2H3,(H,21,24)/t19-/m1/s1. The Morgan fingerprint density at radius 3 is 2.62 bits per heavy atom. The van der Waals surface area contributed by atoms with Crippen molar-refractivity contribution in [2.45, 2.75) is 17.5 Å². The number of hydrogen-bond acceptors (Lipinski definition) is 6. The van der Waals surface area contributed by atoms with Gasteiger partial charge in [-0.1, -0.05) is 12.1 Å². The van der Waals surface area contributed by atoms with E-state index in [2.05, 4.69) is 15.4 Å². The van der Waals surface area contributed by atoms with Gasteiger partial charge in [-0.25, -0.2) is 13.1 Å². The van der Waals surface area contributed by atoms with Gasteiger partial charge in [0.25, 0.3) is 5.91 Å². The van der Waals surface area contributed by atoms with Crippen molar-refractivity contribution < 1.29 is 13.2 Å². The van der Waals surface area contributed by atoms with Gasteiger partial charge in [-0.15, -0.1) is 11.3 Å². The lowest BCUT2D eigenvalue weighted by atomic mass is 10.1. The Balaban J connectivity index is 1.67. The number of rotatable bonds is 9. The third kappa shape index (κ3) is 5.74. The molecular weight excluding hydrogens is 426 g/mol. The summed E-state index contributed by atoms with van der Waals surface area (Å²) in [5.41, 5.74) is 1.45. The number of carbonyl (C=O) groups is 1. The zero-order chi connectivity index (χ0) is 20.9. The summed E-state index contributed by atoms with van der Waals surface area (Å²) < 4.78 is 27.7. The molecule has 0 spiro atoms. The van der Waals surface area contributed by atoms with Crippen LogP contribution in [-0.4, -0.2) is 39.9 Å². The van der Waals surface area contributed by atoms with Crippen LogP contribution in [0, 0.1) is 0 Å². The summed E-state index contributed by atoms with van der Waals surface area (Å²) >= 11 is 3.09. The summed E-state index contributed by atoms with van der Waals surface area (Å²) in [6.07, 6.45) is 0. The average Bonchev–Trinajstić information content (AvgIpc) is 3.40. The number of nitrogens with zero attached hydrogens (tertiary/aromatic N) is 1. The lowest BCUT2D eigenvalue weighted by Crippen LogP contribution is -2.34. The average molecular weight is 450 g/mol. The normalized spacial score (nSPS) is 12.8. The molecule has 1 aromatic carbocycles. The quantitative estimate of drug-likeness (QED) is 0.525. The number of thiophene rings is 2. The van der Waals surface area contributed by atoms with E-state index >= 15 is 0 Å². The van der Waals surface area contributed by atoms with E-state index in [1.54, 1.807) is 23.5 Å². The molecule has 0 saturated heterocycles. The lowest BCUT2D eigenvalue weighted by molar-refractivity contribution is 0.0941. The number of sulfonamides is 1. The highest BCUT2D eigenvalue weighted by molar-refractivity contribution is 7.89. The Morgan fingerprint density at radius 1 is 1.14 bits per heavy atom. The predicted octanol–water partition coefficient (Wildman–Crippen LogP) is 3.32. The minimum atomic E-state index is -3.70. The van der Waals surface area contributed by atoms with Crippen LogP contribution in [-0.2, 0) is 16.6 Å². The van der Waals surface area contributed by atoms with E-state index in [9.17, 15) is 13.2 Å². The Morgan fingerprint density at radius 2 is 1.97 bits per heavy atom. The number of hydrogen-bond donors (Lipinski definition) is 2. The highest BCUT2D eigenvalue weighted by atomic mass is 32.2. The number of likely N-dealkylation sites (N-methyl/N-ethyl adjacent to an activating group) is 1. The van der Waals surface area contributed by atoms with Crippen LogP contribution in [0.15, 0.2) is 63.5 Å². The largest absolute Gasteiger partial charge is 0.350 e. The van der Waals surface area contributed by atoms with Crippen LogP contribution >= 0.6 is 22.7 Å². The second kappa shape index (κ2) is 9.64. The zero-order valence-electron chi connectivity index (χ0n) is 16.2. The third-order valence-electron chi connectivity index (χ3n) is 4.43. The first-order valence-corrected chi connectivity index (χ1v) is 12.3. The first-order valence-electron chi connectivity index (χ1n) is 8.95. The van der Waals surface area contributed by atoms with E-state index in [0.29, 0.717) is 12.1 Å². The van der Waals surface area contributed by atoms with E-state index in [1.165, 1.54) is 23.5 Å². The van der Waals surface area contributed by atoms with Gasteiger partial charge in [0, 0.05) is 23.5 Å². The Hall–Kier alpha value is -2.04. The van der Waals surface area contributed by atoms with Crippen molar-refractivity contribution in [1.82, 2.24) is 14.9 Å². The van der Waals surface area contributed by atoms with E-state index in [0.717, 1.165) is 10.4 Å². The second-order valence-electron chi connectivity index (χ2n) is 6.68. The van der Waals surface area contributed by atoms with Crippen molar-refractivity contribution in [2.24, 2.45) is 0 Å². The Labute approximate surface area is 179 Å². The highest BCUT2D eigenvalue weighted by Crippen LogP contribution is 2.20. The van der Waals surface area contributed by atoms with Crippen LogP contribution in [0.4, 0.5) is 0 Å². The van der Waals surface area contributed by atoms with Crippen LogP contribution < -0.4 is 10.0 Å². The molecule has 0 bridgehead atoms. The van der Waals surface area contributed by atoms with E-state index in [4.69, 9.17) is 0 Å². The molecule has 0 aliphatic carbocycles. The molecule has 0 fully saturated rings. The fraction of sp³-hybridized carbons (Fsp3) is 0.250. The number of nitrogens with one attached hydrogen (secondary N) is 2. The van der Waals surface area contributed by atoms with Gasteiger partial charge in [0.1, 0.15) is 0 Å². The summed E-state index contributed by atoms with van der Waals surface area (Å²) in [4.78, 5) is 15.7. The molecule has 2 N–H and O–H groups in total. The Bertz CT molecular complexity index is 1030. The molecule has 3 rings (SSSR count). The number of benzene rings is 1. The summed E-state index contributed by atoms with van der Waals surface area (Å²) in [6, 6.07) is 11.9. The minimum Gasteiger partial charge on any atom is -0.350 e. The van der Waals surface area contributed by atoms with Crippen LogP contribution in [0.5, 0.6) is 0 Å². The Kier molecular flexibility index (Phi) is 7.20. The molecule has 29 heavy (non-hydrogen) atoms. The molecule has 0 aliphatic heterocycles. The van der Waals surface area contributed by atoms with Crippen molar-refractivity contribution in [2.75, 3.05) is 20.6 Å². The zero-order valence-corrected chi connectivity index (χ0v) is 18.6. The van der Waals surface area contributed by atoms with E-state index in [1.807, 2.05) is 48.0 Å². The minimum absolute atomic E-state index is 0.0459. The first kappa shape index (κ1) is 21.7. The highest BCUT2D eigenvalue weighted by Gasteiger charge is 2.19. The van der Waals surface area contributed by atoms with E-state index in [-0.39, 0.29) is 23.4 Å². The van der Waals surface area contributed by atoms with Crippen molar-refractivity contribution in [3.05, 3.63) is 74.6 Å². The molecule has 0 saturated carbocycles. The predicted molar refractivity (Wildman–Crippen MR) is 118 cm³/mol. The van der Waals surface area contributed by atoms with Crippen molar-refractivity contribution in [1.29, 1.82) is 0 Å². The van der Waals surface area contributed by atoms with Gasteiger partial charge in [0.05, 0.1) is 10.9 Å². The van der Waals surface area contributed by atoms with Crippen molar-refractivity contribution in [3.63, 3.8) is 0 Å². The first-order chi connectivity index (χ1) is 13.9. The number of amides is 1. The van der Waals surface area contributed by atoms with Gasteiger partial charge in [-0.3, -0.25) is 4.79 Å². The topological polar surface area (TPSA) is 78.5 Å². The maximum absolute atomic E-state index is 12.6. The molecule has 0 radical (unpaired) electrons. The van der Waals surface area contributed by atoms with Gasteiger partial charge in [0.15, 0.2) is 0 Å². The van der Waals surface area contributed by atoms with Gasteiger partial charge < -0.3 is 10.2 Å². The molecule has 1 amide bonds. The van der Waals surface area contributed by atoms with Crippen molar-refractivity contribution >= 4 is 38.6 Å². The lowest BCUT2D eigenvalue weighted by Gasteiger charge is -2.24. The van der Waals surface area contributed by atoms with Gasteiger partial charge in [-0.05, 0) is 66.1 Å². The third-order valence-corrected chi connectivity index (χ3v) is 7.41. The molecule has 3 aromatic rings. The van der Waals surface area contributed by atoms with Crippen LogP contribution in [0.25, 0.3) is 0 Å². The number of carbonyl (C=O) groups excluding carboxylic acids is 1. The molecule has 2 heterocycles. The molecule has 0 aliphatic rings. The monoisotopic (exact) mass is 449 g/mol. The summed E-state index contributed by atoms with van der Waals surface area (Å²) in [6.45, 7) is 0.651. The maximum atomic E-state index is 12.6. The fourth-order valence-electron chi connectivity index (χ4n) is 2.82. The fourth-order valence-corrected chi connectivity index (χ4v) is 5.32. The summed E-state index contributed by atoms with van der Waals surface area (Å²) in [5.74, 6) is -0.303. The molecular formula is C20H23N3O3S3. The summed E-state index contributed by atoms with van der Waals surface area (Å²) in [7, 11) is 0.216. The van der Waals surface area contributed by atoms with Crippen LogP contribution in [0.3, 0.4) is 0 Å². The molecule has 6 nitrogen and oxygen atoms in total. The molecule has 1 atom stereocenters. The second-order valence-corrected chi connectivity index (χ2v) is 10.3. The molecule has 154 valence electrons. The summed E-state index contributed by atoms with van der Waals surface area (Å²) in [5, 5.41) is 8.87. The smallest absolute Gasteiger partial charge is 0.251 e. The van der Waals surface area contributed by atoms with Crippen LogP contribution in [0.2, 0.25) is 0 Å². The molecule has 2 aromatic heterocycles. The molecule has 9 heteroatoms. The maximum Gasteiger partial charge on any atom is 0.251 e.